The van der Waals surface area contributed by atoms with E-state index in [1.54, 1.807) is 0 Å². The smallest absolute Gasteiger partial charge is 0.265 e. The van der Waals surface area contributed by atoms with Crippen molar-refractivity contribution in [1.82, 2.24) is 0 Å². The van der Waals surface area contributed by atoms with E-state index in [0.717, 1.165) is 42.8 Å². The first-order chi connectivity index (χ1) is 10.1. The van der Waals surface area contributed by atoms with Gasteiger partial charge in [0.15, 0.2) is 6.61 Å². The normalized spacial score (nSPS) is 15.9. The van der Waals surface area contributed by atoms with Crippen LogP contribution in [0.4, 0.5) is 5.69 Å². The molecule has 2 rings (SSSR count). The van der Waals surface area contributed by atoms with Crippen LogP contribution in [0, 0.1) is 5.92 Å². The molecule has 0 spiro atoms. The van der Waals surface area contributed by atoms with Crippen LogP contribution in [0.5, 0.6) is 5.75 Å². The van der Waals surface area contributed by atoms with E-state index in [0.29, 0.717) is 5.92 Å². The van der Waals surface area contributed by atoms with Crippen molar-refractivity contribution < 1.29 is 9.53 Å². The molecule has 116 valence electrons. The molecule has 21 heavy (non-hydrogen) atoms. The summed E-state index contributed by atoms with van der Waals surface area (Å²) in [6.45, 7) is 7.26. The number of fused-ring (bicyclic) bond motifs is 1. The Bertz CT molecular complexity index is 498. The SMILES string of the molecule is CCCN1C(=O)COc2ccc(C(N)C(CC)CC)cc21. The first kappa shape index (κ1) is 15.8. The number of nitrogens with zero attached hydrogens (tertiary/aromatic N) is 1. The van der Waals surface area contributed by atoms with Crippen LogP contribution in [0.15, 0.2) is 18.2 Å². The van der Waals surface area contributed by atoms with E-state index < -0.39 is 0 Å². The Morgan fingerprint density at radius 3 is 2.62 bits per heavy atom. The van der Waals surface area contributed by atoms with Gasteiger partial charge in [-0.25, -0.2) is 0 Å². The Hall–Kier alpha value is -1.55. The topological polar surface area (TPSA) is 55.6 Å². The van der Waals surface area contributed by atoms with Crippen molar-refractivity contribution in [2.45, 2.75) is 46.1 Å². The lowest BCUT2D eigenvalue weighted by molar-refractivity contribution is -0.121. The van der Waals surface area contributed by atoms with Crippen LogP contribution in [0.3, 0.4) is 0 Å². The second-order valence-electron chi connectivity index (χ2n) is 5.66. The predicted molar refractivity (Wildman–Crippen MR) is 85.6 cm³/mol. The maximum atomic E-state index is 12.0. The lowest BCUT2D eigenvalue weighted by Gasteiger charge is -2.31. The first-order valence-electron chi connectivity index (χ1n) is 7.95. The number of rotatable bonds is 6. The first-order valence-corrected chi connectivity index (χ1v) is 7.95. The highest BCUT2D eigenvalue weighted by molar-refractivity contribution is 5.97. The van der Waals surface area contributed by atoms with E-state index >= 15 is 0 Å². The van der Waals surface area contributed by atoms with E-state index in [2.05, 4.69) is 20.8 Å². The van der Waals surface area contributed by atoms with Gasteiger partial charge in [0.1, 0.15) is 5.75 Å². The Kier molecular flexibility index (Phi) is 5.23. The lowest BCUT2D eigenvalue weighted by atomic mass is 9.89. The van der Waals surface area contributed by atoms with Crippen molar-refractivity contribution in [3.05, 3.63) is 23.8 Å². The van der Waals surface area contributed by atoms with Crippen molar-refractivity contribution in [3.8, 4) is 5.75 Å². The summed E-state index contributed by atoms with van der Waals surface area (Å²) in [5.41, 5.74) is 8.36. The Morgan fingerprint density at radius 1 is 1.29 bits per heavy atom. The minimum atomic E-state index is 0.00538. The van der Waals surface area contributed by atoms with Gasteiger partial charge in [-0.05, 0) is 30.0 Å². The van der Waals surface area contributed by atoms with Gasteiger partial charge in [-0.1, -0.05) is 39.7 Å². The molecule has 0 saturated carbocycles. The van der Waals surface area contributed by atoms with Gasteiger partial charge in [0.2, 0.25) is 0 Å². The fourth-order valence-corrected chi connectivity index (χ4v) is 2.96. The number of hydrogen-bond donors (Lipinski definition) is 1. The van der Waals surface area contributed by atoms with Gasteiger partial charge >= 0.3 is 0 Å². The molecular weight excluding hydrogens is 264 g/mol. The summed E-state index contributed by atoms with van der Waals surface area (Å²) < 4.78 is 5.53. The molecule has 1 atom stereocenters. The summed E-state index contributed by atoms with van der Waals surface area (Å²) in [6.07, 6.45) is 3.04. The molecule has 0 saturated heterocycles. The average Bonchev–Trinajstić information content (AvgIpc) is 2.51. The Balaban J connectivity index is 2.34. The highest BCUT2D eigenvalue weighted by Crippen LogP contribution is 2.36. The van der Waals surface area contributed by atoms with Crippen LogP contribution < -0.4 is 15.4 Å². The van der Waals surface area contributed by atoms with Gasteiger partial charge in [0.05, 0.1) is 5.69 Å². The maximum Gasteiger partial charge on any atom is 0.265 e. The third-order valence-corrected chi connectivity index (χ3v) is 4.31. The van der Waals surface area contributed by atoms with Crippen LogP contribution in [0.1, 0.15) is 51.6 Å². The predicted octanol–water partition coefficient (Wildman–Crippen LogP) is 3.26. The van der Waals surface area contributed by atoms with E-state index in [1.165, 1.54) is 0 Å². The molecule has 1 heterocycles. The van der Waals surface area contributed by atoms with Gasteiger partial charge < -0.3 is 15.4 Å². The molecule has 1 unspecified atom stereocenters. The summed E-state index contributed by atoms with van der Waals surface area (Å²) in [5.74, 6) is 1.27. The number of amides is 1. The second kappa shape index (κ2) is 6.94. The van der Waals surface area contributed by atoms with E-state index in [4.69, 9.17) is 10.5 Å². The minimum Gasteiger partial charge on any atom is -0.482 e. The molecule has 1 aliphatic heterocycles. The molecule has 0 aliphatic carbocycles. The molecule has 4 nitrogen and oxygen atoms in total. The molecule has 1 aromatic rings. The molecule has 0 fully saturated rings. The van der Waals surface area contributed by atoms with Gasteiger partial charge in [-0.2, -0.15) is 0 Å². The minimum absolute atomic E-state index is 0.00538. The van der Waals surface area contributed by atoms with Crippen molar-refractivity contribution in [2.24, 2.45) is 11.7 Å². The molecule has 1 aliphatic rings. The van der Waals surface area contributed by atoms with E-state index in [9.17, 15) is 4.79 Å². The zero-order valence-electron chi connectivity index (χ0n) is 13.3. The van der Waals surface area contributed by atoms with Crippen LogP contribution in [0.25, 0.3) is 0 Å². The average molecular weight is 290 g/mol. The molecule has 2 N–H and O–H groups in total. The van der Waals surface area contributed by atoms with Crippen molar-refractivity contribution in [2.75, 3.05) is 18.1 Å². The Labute approximate surface area is 127 Å². The quantitative estimate of drug-likeness (QED) is 0.875. The highest BCUT2D eigenvalue weighted by Gasteiger charge is 2.26. The molecule has 4 heteroatoms. The number of benzene rings is 1. The molecule has 0 aromatic heterocycles. The molecule has 1 aromatic carbocycles. The number of carbonyl (C=O) groups excluding carboxylic acids is 1. The van der Waals surface area contributed by atoms with Crippen molar-refractivity contribution in [1.29, 1.82) is 0 Å². The van der Waals surface area contributed by atoms with Gasteiger partial charge in [-0.3, -0.25) is 4.79 Å². The summed E-state index contributed by atoms with van der Waals surface area (Å²) in [4.78, 5) is 13.9. The number of hydrogen-bond acceptors (Lipinski definition) is 3. The summed E-state index contributed by atoms with van der Waals surface area (Å²) >= 11 is 0. The van der Waals surface area contributed by atoms with E-state index in [-0.39, 0.29) is 18.6 Å². The van der Waals surface area contributed by atoms with Gasteiger partial charge in [0, 0.05) is 12.6 Å². The largest absolute Gasteiger partial charge is 0.482 e. The monoisotopic (exact) mass is 290 g/mol. The number of nitrogens with two attached hydrogens (primary N) is 1. The second-order valence-corrected chi connectivity index (χ2v) is 5.66. The molecule has 1 amide bonds. The number of anilines is 1. The summed E-state index contributed by atoms with van der Waals surface area (Å²) in [7, 11) is 0. The van der Waals surface area contributed by atoms with Crippen LogP contribution in [-0.4, -0.2) is 19.1 Å². The van der Waals surface area contributed by atoms with E-state index in [1.807, 2.05) is 23.1 Å². The lowest BCUT2D eigenvalue weighted by Crippen LogP contribution is -2.39. The fourth-order valence-electron chi connectivity index (χ4n) is 2.96. The highest BCUT2D eigenvalue weighted by atomic mass is 16.5. The van der Waals surface area contributed by atoms with Crippen molar-refractivity contribution >= 4 is 11.6 Å². The number of carbonyl (C=O) groups is 1. The van der Waals surface area contributed by atoms with Crippen molar-refractivity contribution in [3.63, 3.8) is 0 Å². The molecular formula is C17H26N2O2. The fraction of sp³-hybridized carbons (Fsp3) is 0.588. The molecule has 0 radical (unpaired) electrons. The van der Waals surface area contributed by atoms with Crippen LogP contribution in [-0.2, 0) is 4.79 Å². The zero-order valence-corrected chi connectivity index (χ0v) is 13.3. The van der Waals surface area contributed by atoms with Gasteiger partial charge in [-0.15, -0.1) is 0 Å². The standard InChI is InChI=1S/C17H26N2O2/c1-4-9-19-14-10-13(17(18)12(5-2)6-3)7-8-15(14)21-11-16(19)20/h7-8,10,12,17H,4-6,9,11,18H2,1-3H3. The van der Waals surface area contributed by atoms with Crippen LogP contribution in [0.2, 0.25) is 0 Å². The number of ether oxygens (including phenoxy) is 1. The third-order valence-electron chi connectivity index (χ3n) is 4.31. The third kappa shape index (κ3) is 3.21. The Morgan fingerprint density at radius 2 is 2.00 bits per heavy atom. The summed E-state index contributed by atoms with van der Waals surface area (Å²) in [5, 5.41) is 0. The summed E-state index contributed by atoms with van der Waals surface area (Å²) in [6, 6.07) is 6.01. The molecule has 0 bridgehead atoms. The maximum absolute atomic E-state index is 12.0. The van der Waals surface area contributed by atoms with Gasteiger partial charge in [0.25, 0.3) is 5.91 Å². The zero-order chi connectivity index (χ0) is 15.4. The van der Waals surface area contributed by atoms with Crippen LogP contribution >= 0.6 is 0 Å².